The number of benzene rings is 1. The predicted octanol–water partition coefficient (Wildman–Crippen LogP) is 3.37. The molecule has 0 radical (unpaired) electrons. The van der Waals surface area contributed by atoms with Crippen LogP contribution in [0.4, 0.5) is 0 Å². The molecule has 0 bridgehead atoms. The first-order valence-electron chi connectivity index (χ1n) is 9.40. The number of rotatable bonds is 5. The molecule has 0 saturated carbocycles. The third-order valence-corrected chi connectivity index (χ3v) is 5.37. The van der Waals surface area contributed by atoms with Crippen LogP contribution in [0.2, 0.25) is 0 Å². The third-order valence-electron chi connectivity index (χ3n) is 5.37. The predicted molar refractivity (Wildman–Crippen MR) is 105 cm³/mol. The Kier molecular flexibility index (Phi) is 4.99. The number of aromatic nitrogens is 3. The van der Waals surface area contributed by atoms with E-state index in [4.69, 9.17) is 14.6 Å². The van der Waals surface area contributed by atoms with Crippen LogP contribution in [0.1, 0.15) is 30.0 Å². The summed E-state index contributed by atoms with van der Waals surface area (Å²) in [6, 6.07) is 10.3. The molecule has 6 heteroatoms. The Balaban J connectivity index is 1.53. The fourth-order valence-electron chi connectivity index (χ4n) is 4.08. The molecular weight excluding hydrogens is 340 g/mol. The smallest absolute Gasteiger partial charge is 0.161 e. The largest absolute Gasteiger partial charge is 0.493 e. The molecule has 27 heavy (non-hydrogen) atoms. The van der Waals surface area contributed by atoms with Gasteiger partial charge in [-0.1, -0.05) is 6.07 Å². The summed E-state index contributed by atoms with van der Waals surface area (Å²) in [6.45, 7) is 3.02. The van der Waals surface area contributed by atoms with E-state index in [1.165, 1.54) is 29.5 Å². The molecule has 0 unspecified atom stereocenters. The third kappa shape index (κ3) is 3.49. The zero-order valence-corrected chi connectivity index (χ0v) is 16.2. The summed E-state index contributed by atoms with van der Waals surface area (Å²) in [7, 11) is 5.32. The number of nitrogens with zero attached hydrogens (tertiary/aromatic N) is 4. The number of fused-ring (bicyclic) bond motifs is 1. The van der Waals surface area contributed by atoms with Gasteiger partial charge in [-0.05, 0) is 49.2 Å². The molecule has 142 valence electrons. The number of aryl methyl sites for hydroxylation is 1. The lowest BCUT2D eigenvalue weighted by Gasteiger charge is -2.32. The standard InChI is InChI=1S/C21H26N4O2/c1-24-21-17(7-4-10-22-21)20(23-24)16-6-5-11-25(14-16)13-15-8-9-18(26-2)19(12-15)27-3/h4,7-10,12,16H,5-6,11,13-14H2,1-3H3/t16-/m0/s1. The van der Waals surface area contributed by atoms with E-state index in [2.05, 4.69) is 28.1 Å². The zero-order valence-electron chi connectivity index (χ0n) is 16.2. The van der Waals surface area contributed by atoms with Crippen molar-refractivity contribution in [3.05, 3.63) is 47.8 Å². The molecule has 1 fully saturated rings. The Bertz CT molecular complexity index is 937. The van der Waals surface area contributed by atoms with E-state index in [0.717, 1.165) is 36.8 Å². The average Bonchev–Trinajstić information content (AvgIpc) is 3.05. The highest BCUT2D eigenvalue weighted by molar-refractivity contribution is 5.78. The Morgan fingerprint density at radius 1 is 1.15 bits per heavy atom. The maximum Gasteiger partial charge on any atom is 0.161 e. The summed E-state index contributed by atoms with van der Waals surface area (Å²) in [5.41, 5.74) is 3.38. The first-order valence-corrected chi connectivity index (χ1v) is 9.40. The number of ether oxygens (including phenoxy) is 2. The zero-order chi connectivity index (χ0) is 18.8. The van der Waals surface area contributed by atoms with Crippen molar-refractivity contribution in [2.75, 3.05) is 27.3 Å². The minimum absolute atomic E-state index is 0.437. The van der Waals surface area contributed by atoms with Crippen molar-refractivity contribution >= 4 is 11.0 Å². The summed E-state index contributed by atoms with van der Waals surface area (Å²) in [4.78, 5) is 6.99. The van der Waals surface area contributed by atoms with Crippen molar-refractivity contribution in [1.82, 2.24) is 19.7 Å². The fraction of sp³-hybridized carbons (Fsp3) is 0.429. The van der Waals surface area contributed by atoms with E-state index in [1.54, 1.807) is 14.2 Å². The maximum atomic E-state index is 5.44. The number of methoxy groups -OCH3 is 2. The molecular formula is C21H26N4O2. The van der Waals surface area contributed by atoms with Gasteiger partial charge in [-0.15, -0.1) is 0 Å². The normalized spacial score (nSPS) is 18.0. The van der Waals surface area contributed by atoms with Crippen LogP contribution < -0.4 is 9.47 Å². The van der Waals surface area contributed by atoms with Gasteiger partial charge >= 0.3 is 0 Å². The first-order chi connectivity index (χ1) is 13.2. The van der Waals surface area contributed by atoms with Gasteiger partial charge in [-0.2, -0.15) is 5.10 Å². The SMILES string of the molecule is COc1ccc(CN2CCC[C@H](c3nn(C)c4ncccc34)C2)cc1OC. The summed E-state index contributed by atoms with van der Waals surface area (Å²) in [6.07, 6.45) is 4.18. The second-order valence-corrected chi connectivity index (χ2v) is 7.15. The number of likely N-dealkylation sites (tertiary alicyclic amines) is 1. The molecule has 1 aliphatic rings. The molecule has 1 saturated heterocycles. The van der Waals surface area contributed by atoms with Gasteiger partial charge in [0.05, 0.1) is 19.9 Å². The van der Waals surface area contributed by atoms with Gasteiger partial charge in [-0.3, -0.25) is 9.58 Å². The van der Waals surface area contributed by atoms with Gasteiger partial charge in [0.15, 0.2) is 17.1 Å². The molecule has 0 aliphatic carbocycles. The first kappa shape index (κ1) is 17.8. The monoisotopic (exact) mass is 366 g/mol. The van der Waals surface area contributed by atoms with Crippen molar-refractivity contribution in [1.29, 1.82) is 0 Å². The van der Waals surface area contributed by atoms with Gasteiger partial charge < -0.3 is 9.47 Å². The molecule has 0 spiro atoms. The number of hydrogen-bond acceptors (Lipinski definition) is 5. The quantitative estimate of drug-likeness (QED) is 0.693. The van der Waals surface area contributed by atoms with Crippen molar-refractivity contribution in [3.8, 4) is 11.5 Å². The lowest BCUT2D eigenvalue weighted by atomic mass is 9.93. The Morgan fingerprint density at radius 3 is 2.81 bits per heavy atom. The highest BCUT2D eigenvalue weighted by atomic mass is 16.5. The second-order valence-electron chi connectivity index (χ2n) is 7.15. The van der Waals surface area contributed by atoms with Crippen LogP contribution >= 0.6 is 0 Å². The van der Waals surface area contributed by atoms with Gasteiger partial charge in [0, 0.05) is 37.6 Å². The average molecular weight is 366 g/mol. The van der Waals surface area contributed by atoms with Crippen LogP contribution in [-0.2, 0) is 13.6 Å². The number of hydrogen-bond donors (Lipinski definition) is 0. The van der Waals surface area contributed by atoms with Gasteiger partial charge in [0.25, 0.3) is 0 Å². The summed E-state index contributed by atoms with van der Waals surface area (Å²) in [5, 5.41) is 5.97. The van der Waals surface area contributed by atoms with Crippen molar-refractivity contribution in [2.45, 2.75) is 25.3 Å². The molecule has 1 atom stereocenters. The van der Waals surface area contributed by atoms with E-state index in [1.807, 2.05) is 30.1 Å². The van der Waals surface area contributed by atoms with Crippen molar-refractivity contribution in [2.24, 2.45) is 7.05 Å². The van der Waals surface area contributed by atoms with E-state index in [9.17, 15) is 0 Å². The van der Waals surface area contributed by atoms with Crippen LogP contribution in [0.5, 0.6) is 11.5 Å². The van der Waals surface area contributed by atoms with Crippen LogP contribution in [-0.4, -0.2) is 47.0 Å². The number of pyridine rings is 1. The summed E-state index contributed by atoms with van der Waals surface area (Å²) < 4.78 is 12.7. The van der Waals surface area contributed by atoms with E-state index < -0.39 is 0 Å². The van der Waals surface area contributed by atoms with Gasteiger partial charge in [0.2, 0.25) is 0 Å². The van der Waals surface area contributed by atoms with Crippen LogP contribution in [0, 0.1) is 0 Å². The topological polar surface area (TPSA) is 52.4 Å². The second kappa shape index (κ2) is 7.56. The highest BCUT2D eigenvalue weighted by Gasteiger charge is 2.26. The molecule has 0 amide bonds. The maximum absolute atomic E-state index is 5.44. The van der Waals surface area contributed by atoms with Crippen LogP contribution in [0.25, 0.3) is 11.0 Å². The molecule has 3 heterocycles. The molecule has 3 aromatic rings. The molecule has 1 aromatic carbocycles. The Hall–Kier alpha value is -2.60. The van der Waals surface area contributed by atoms with Gasteiger partial charge in [0.1, 0.15) is 0 Å². The van der Waals surface area contributed by atoms with E-state index >= 15 is 0 Å². The van der Waals surface area contributed by atoms with Crippen molar-refractivity contribution < 1.29 is 9.47 Å². The highest BCUT2D eigenvalue weighted by Crippen LogP contribution is 2.32. The molecule has 2 aromatic heterocycles. The molecule has 0 N–H and O–H groups in total. The minimum atomic E-state index is 0.437. The van der Waals surface area contributed by atoms with E-state index in [-0.39, 0.29) is 0 Å². The van der Waals surface area contributed by atoms with Crippen molar-refractivity contribution in [3.63, 3.8) is 0 Å². The number of piperidine rings is 1. The van der Waals surface area contributed by atoms with Gasteiger partial charge in [-0.25, -0.2) is 4.98 Å². The van der Waals surface area contributed by atoms with E-state index in [0.29, 0.717) is 5.92 Å². The summed E-state index contributed by atoms with van der Waals surface area (Å²) >= 11 is 0. The Morgan fingerprint density at radius 2 is 2.00 bits per heavy atom. The van der Waals surface area contributed by atoms with Crippen LogP contribution in [0.15, 0.2) is 36.5 Å². The molecule has 1 aliphatic heterocycles. The lowest BCUT2D eigenvalue weighted by molar-refractivity contribution is 0.198. The van der Waals surface area contributed by atoms with Crippen LogP contribution in [0.3, 0.4) is 0 Å². The lowest BCUT2D eigenvalue weighted by Crippen LogP contribution is -2.34. The minimum Gasteiger partial charge on any atom is -0.493 e. The molecule has 4 rings (SSSR count). The summed E-state index contributed by atoms with van der Waals surface area (Å²) in [5.74, 6) is 1.99. The Labute approximate surface area is 159 Å². The fourth-order valence-corrected chi connectivity index (χ4v) is 4.08. The molecule has 6 nitrogen and oxygen atoms in total.